The predicted molar refractivity (Wildman–Crippen MR) is 81.8 cm³/mol. The summed E-state index contributed by atoms with van der Waals surface area (Å²) in [6, 6.07) is 5.12. The Hall–Kier alpha value is -0.580. The Morgan fingerprint density at radius 1 is 1.42 bits per heavy atom. The Labute approximate surface area is 128 Å². The zero-order chi connectivity index (χ0) is 14.6. The maximum Gasteiger partial charge on any atom is 0.339 e. The lowest BCUT2D eigenvalue weighted by atomic mass is 10.1. The molecule has 19 heavy (non-hydrogen) atoms. The Balaban J connectivity index is 2.55. The Morgan fingerprint density at radius 2 is 2.05 bits per heavy atom. The van der Waals surface area contributed by atoms with Gasteiger partial charge in [0.05, 0.1) is 10.6 Å². The summed E-state index contributed by atoms with van der Waals surface area (Å²) in [5.41, 5.74) is 0.439. The molecule has 1 aromatic rings. The van der Waals surface area contributed by atoms with Crippen molar-refractivity contribution in [3.05, 3.63) is 33.3 Å². The molecule has 0 heterocycles. The average Bonchev–Trinajstić information content (AvgIpc) is 2.30. The average molecular weight is 349 g/mol. The minimum absolute atomic E-state index is 0.0554. The highest BCUT2D eigenvalue weighted by molar-refractivity contribution is 9.10. The zero-order valence-corrected chi connectivity index (χ0v) is 14.0. The lowest BCUT2D eigenvalue weighted by Crippen LogP contribution is -2.40. The van der Waals surface area contributed by atoms with Crippen LogP contribution in [0.5, 0.6) is 0 Å². The summed E-state index contributed by atoms with van der Waals surface area (Å²) in [7, 11) is 2.00. The molecule has 0 radical (unpaired) electrons. The van der Waals surface area contributed by atoms with Gasteiger partial charge in [-0.05, 0) is 46.0 Å². The maximum absolute atomic E-state index is 11.9. The van der Waals surface area contributed by atoms with Gasteiger partial charge in [-0.25, -0.2) is 4.79 Å². The smallest absolute Gasteiger partial charge is 0.339 e. The van der Waals surface area contributed by atoms with Crippen LogP contribution in [0.1, 0.15) is 31.1 Å². The van der Waals surface area contributed by atoms with E-state index in [1.54, 1.807) is 18.2 Å². The van der Waals surface area contributed by atoms with Crippen molar-refractivity contribution in [2.24, 2.45) is 0 Å². The molecule has 106 valence electrons. The minimum atomic E-state index is -0.395. The van der Waals surface area contributed by atoms with Crippen LogP contribution in [0.2, 0.25) is 5.02 Å². The standard InChI is InChI=1S/C14H19BrClNO2/c1-14(2,3)17(4)7-8-19-13(18)11-9-10(15)5-6-12(11)16/h5-6,9H,7-8H2,1-4H3. The number of ether oxygens (including phenoxy) is 1. The van der Waals surface area contributed by atoms with Crippen molar-refractivity contribution in [1.82, 2.24) is 4.90 Å². The third-order valence-electron chi connectivity index (χ3n) is 2.95. The van der Waals surface area contributed by atoms with E-state index in [-0.39, 0.29) is 5.54 Å². The molecular weight excluding hydrogens is 330 g/mol. The van der Waals surface area contributed by atoms with Crippen molar-refractivity contribution < 1.29 is 9.53 Å². The van der Waals surface area contributed by atoms with E-state index in [1.165, 1.54) is 0 Å². The summed E-state index contributed by atoms with van der Waals surface area (Å²) >= 11 is 9.28. The number of esters is 1. The van der Waals surface area contributed by atoms with Crippen LogP contribution in [-0.2, 0) is 4.74 Å². The van der Waals surface area contributed by atoms with Crippen LogP contribution in [-0.4, -0.2) is 36.6 Å². The van der Waals surface area contributed by atoms with E-state index in [9.17, 15) is 4.79 Å². The molecule has 0 spiro atoms. The lowest BCUT2D eigenvalue weighted by Gasteiger charge is -2.31. The van der Waals surface area contributed by atoms with Gasteiger partial charge in [-0.3, -0.25) is 4.90 Å². The maximum atomic E-state index is 11.9. The summed E-state index contributed by atoms with van der Waals surface area (Å²) in [6.07, 6.45) is 0. The van der Waals surface area contributed by atoms with Gasteiger partial charge in [-0.1, -0.05) is 27.5 Å². The highest BCUT2D eigenvalue weighted by Crippen LogP contribution is 2.21. The van der Waals surface area contributed by atoms with Crippen molar-refractivity contribution in [2.75, 3.05) is 20.2 Å². The van der Waals surface area contributed by atoms with Crippen molar-refractivity contribution in [3.8, 4) is 0 Å². The van der Waals surface area contributed by atoms with Gasteiger partial charge in [0, 0.05) is 16.6 Å². The zero-order valence-electron chi connectivity index (χ0n) is 11.7. The molecular formula is C14H19BrClNO2. The van der Waals surface area contributed by atoms with Gasteiger partial charge in [-0.2, -0.15) is 0 Å². The predicted octanol–water partition coefficient (Wildman–Crippen LogP) is 3.99. The largest absolute Gasteiger partial charge is 0.461 e. The Morgan fingerprint density at radius 3 is 2.63 bits per heavy atom. The number of likely N-dealkylation sites (N-methyl/N-ethyl adjacent to an activating group) is 1. The fraction of sp³-hybridized carbons (Fsp3) is 0.500. The van der Waals surface area contributed by atoms with Gasteiger partial charge in [0.25, 0.3) is 0 Å². The van der Waals surface area contributed by atoms with Crippen LogP contribution < -0.4 is 0 Å². The normalized spacial score (nSPS) is 11.7. The van der Waals surface area contributed by atoms with Crippen LogP contribution in [0.25, 0.3) is 0 Å². The van der Waals surface area contributed by atoms with Crippen LogP contribution in [0.3, 0.4) is 0 Å². The molecule has 5 heteroatoms. The van der Waals surface area contributed by atoms with Crippen molar-refractivity contribution in [1.29, 1.82) is 0 Å². The van der Waals surface area contributed by atoms with E-state index < -0.39 is 5.97 Å². The van der Waals surface area contributed by atoms with E-state index in [0.29, 0.717) is 23.7 Å². The quantitative estimate of drug-likeness (QED) is 0.771. The van der Waals surface area contributed by atoms with Crippen LogP contribution in [0.4, 0.5) is 0 Å². The van der Waals surface area contributed by atoms with Gasteiger partial charge in [0.2, 0.25) is 0 Å². The van der Waals surface area contributed by atoms with E-state index in [0.717, 1.165) is 4.47 Å². The van der Waals surface area contributed by atoms with Crippen LogP contribution >= 0.6 is 27.5 Å². The third kappa shape index (κ3) is 5.13. The molecule has 0 saturated heterocycles. The molecule has 0 saturated carbocycles. The fourth-order valence-electron chi connectivity index (χ4n) is 1.34. The van der Waals surface area contributed by atoms with E-state index in [4.69, 9.17) is 16.3 Å². The molecule has 1 aromatic carbocycles. The van der Waals surface area contributed by atoms with E-state index in [1.807, 2.05) is 7.05 Å². The van der Waals surface area contributed by atoms with Crippen molar-refractivity contribution >= 4 is 33.5 Å². The summed E-state index contributed by atoms with van der Waals surface area (Å²) in [5.74, 6) is -0.395. The highest BCUT2D eigenvalue weighted by Gasteiger charge is 2.17. The van der Waals surface area contributed by atoms with Crippen molar-refractivity contribution in [3.63, 3.8) is 0 Å². The summed E-state index contributed by atoms with van der Waals surface area (Å²) in [6.45, 7) is 7.36. The van der Waals surface area contributed by atoms with E-state index in [2.05, 4.69) is 41.6 Å². The number of rotatable bonds is 4. The third-order valence-corrected chi connectivity index (χ3v) is 3.78. The molecule has 0 aliphatic rings. The lowest BCUT2D eigenvalue weighted by molar-refractivity contribution is 0.0424. The second-order valence-electron chi connectivity index (χ2n) is 5.35. The minimum Gasteiger partial charge on any atom is -0.461 e. The van der Waals surface area contributed by atoms with Gasteiger partial charge in [0.1, 0.15) is 6.61 Å². The number of nitrogens with zero attached hydrogens (tertiary/aromatic N) is 1. The number of hydrogen-bond acceptors (Lipinski definition) is 3. The summed E-state index contributed by atoms with van der Waals surface area (Å²) < 4.78 is 6.05. The number of carbonyl (C=O) groups is 1. The molecule has 1 rings (SSSR count). The first-order valence-corrected chi connectivity index (χ1v) is 7.22. The van der Waals surface area contributed by atoms with Crippen LogP contribution in [0, 0.1) is 0 Å². The number of benzene rings is 1. The molecule has 0 atom stereocenters. The first kappa shape index (κ1) is 16.5. The second kappa shape index (κ2) is 6.73. The van der Waals surface area contributed by atoms with E-state index >= 15 is 0 Å². The molecule has 0 fully saturated rings. The highest BCUT2D eigenvalue weighted by atomic mass is 79.9. The molecule has 3 nitrogen and oxygen atoms in total. The van der Waals surface area contributed by atoms with Crippen LogP contribution in [0.15, 0.2) is 22.7 Å². The first-order chi connectivity index (χ1) is 8.71. The topological polar surface area (TPSA) is 29.5 Å². The second-order valence-corrected chi connectivity index (χ2v) is 6.68. The molecule has 0 amide bonds. The fourth-order valence-corrected chi connectivity index (χ4v) is 1.90. The molecule has 0 N–H and O–H groups in total. The van der Waals surface area contributed by atoms with Gasteiger partial charge in [-0.15, -0.1) is 0 Å². The SMILES string of the molecule is CN(CCOC(=O)c1cc(Br)ccc1Cl)C(C)(C)C. The Bertz CT molecular complexity index is 457. The molecule has 0 aromatic heterocycles. The summed E-state index contributed by atoms with van der Waals surface area (Å²) in [5, 5.41) is 0.400. The first-order valence-electron chi connectivity index (χ1n) is 6.05. The molecule has 0 aliphatic heterocycles. The number of halogens is 2. The monoisotopic (exact) mass is 347 g/mol. The number of hydrogen-bond donors (Lipinski definition) is 0. The Kier molecular flexibility index (Phi) is 5.83. The van der Waals surface area contributed by atoms with Gasteiger partial charge < -0.3 is 4.74 Å². The van der Waals surface area contributed by atoms with Gasteiger partial charge >= 0.3 is 5.97 Å². The number of carbonyl (C=O) groups excluding carboxylic acids is 1. The van der Waals surface area contributed by atoms with Crippen molar-refractivity contribution in [2.45, 2.75) is 26.3 Å². The summed E-state index contributed by atoms with van der Waals surface area (Å²) in [4.78, 5) is 14.0. The van der Waals surface area contributed by atoms with Gasteiger partial charge in [0.15, 0.2) is 0 Å². The molecule has 0 bridgehead atoms. The molecule has 0 unspecified atom stereocenters. The molecule has 0 aliphatic carbocycles.